The van der Waals surface area contributed by atoms with E-state index in [9.17, 15) is 19.2 Å². The molecule has 0 unspecified atom stereocenters. The minimum absolute atomic E-state index is 0.233. The molecule has 0 fully saturated rings. The van der Waals surface area contributed by atoms with Gasteiger partial charge >= 0.3 is 5.97 Å². The molecule has 7 heteroatoms. The monoisotopic (exact) mass is 380 g/mol. The van der Waals surface area contributed by atoms with E-state index in [0.717, 1.165) is 0 Å². The van der Waals surface area contributed by atoms with Gasteiger partial charge in [-0.2, -0.15) is 0 Å². The van der Waals surface area contributed by atoms with E-state index in [0.29, 0.717) is 30.0 Å². The van der Waals surface area contributed by atoms with Gasteiger partial charge in [0.15, 0.2) is 0 Å². The fraction of sp³-hybridized carbons (Fsp3) is 0.238. The van der Waals surface area contributed by atoms with Crippen molar-refractivity contribution in [2.75, 3.05) is 11.9 Å². The van der Waals surface area contributed by atoms with Crippen LogP contribution in [0.5, 0.6) is 5.75 Å². The van der Waals surface area contributed by atoms with Gasteiger partial charge in [0.1, 0.15) is 5.75 Å². The summed E-state index contributed by atoms with van der Waals surface area (Å²) in [6, 6.07) is 10.9. The van der Waals surface area contributed by atoms with Gasteiger partial charge in [-0.3, -0.25) is 24.1 Å². The van der Waals surface area contributed by atoms with Crippen LogP contribution in [-0.2, 0) is 4.79 Å². The largest absolute Gasteiger partial charge is 0.426 e. The number of carbonyl (C=O) groups excluding carboxylic acids is 4. The van der Waals surface area contributed by atoms with Crippen molar-refractivity contribution in [1.82, 2.24) is 4.90 Å². The summed E-state index contributed by atoms with van der Waals surface area (Å²) in [4.78, 5) is 49.9. The first-order valence-corrected chi connectivity index (χ1v) is 9.07. The lowest BCUT2D eigenvalue weighted by atomic mass is 10.1. The van der Waals surface area contributed by atoms with Crippen LogP contribution in [-0.4, -0.2) is 35.1 Å². The van der Waals surface area contributed by atoms with Crippen LogP contribution in [0.25, 0.3) is 0 Å². The molecule has 3 rings (SSSR count). The van der Waals surface area contributed by atoms with Gasteiger partial charge in [0.2, 0.25) is 0 Å². The smallest absolute Gasteiger partial charge is 0.310 e. The lowest BCUT2D eigenvalue weighted by Crippen LogP contribution is -2.30. The Morgan fingerprint density at radius 3 is 2.46 bits per heavy atom. The molecule has 1 aliphatic heterocycles. The maximum Gasteiger partial charge on any atom is 0.310 e. The van der Waals surface area contributed by atoms with Crippen molar-refractivity contribution in [3.8, 4) is 5.75 Å². The van der Waals surface area contributed by atoms with E-state index in [4.69, 9.17) is 4.74 Å². The number of anilines is 1. The van der Waals surface area contributed by atoms with E-state index in [2.05, 4.69) is 5.32 Å². The number of hydrogen-bond acceptors (Lipinski definition) is 5. The predicted octanol–water partition coefficient (Wildman–Crippen LogP) is 3.26. The number of carbonyl (C=O) groups is 4. The minimum atomic E-state index is -0.434. The Bertz CT molecular complexity index is 967. The number of benzene rings is 2. The minimum Gasteiger partial charge on any atom is -0.426 e. The summed E-state index contributed by atoms with van der Waals surface area (Å²) in [7, 11) is 0. The number of nitrogens with one attached hydrogen (secondary N) is 1. The van der Waals surface area contributed by atoms with Gasteiger partial charge in [-0.15, -0.1) is 0 Å². The first kappa shape index (κ1) is 19.3. The van der Waals surface area contributed by atoms with Crippen molar-refractivity contribution in [3.05, 3.63) is 59.2 Å². The normalized spacial score (nSPS) is 12.7. The Hall–Kier alpha value is -3.48. The molecule has 0 saturated carbocycles. The number of nitrogens with zero attached hydrogens (tertiary/aromatic N) is 1. The third-order valence-corrected chi connectivity index (χ3v) is 4.29. The SMILES string of the molecule is CCCN1C(=O)c2ccc(C(=O)Nc3cccc(OC(=O)CC)c3)cc2C1=O. The zero-order chi connectivity index (χ0) is 20.3. The van der Waals surface area contributed by atoms with Crippen LogP contribution < -0.4 is 10.1 Å². The summed E-state index contributed by atoms with van der Waals surface area (Å²) in [6.45, 7) is 3.92. The predicted molar refractivity (Wildman–Crippen MR) is 102 cm³/mol. The quantitative estimate of drug-likeness (QED) is 0.472. The maximum atomic E-state index is 12.6. The zero-order valence-corrected chi connectivity index (χ0v) is 15.7. The molecule has 7 nitrogen and oxygen atoms in total. The summed E-state index contributed by atoms with van der Waals surface area (Å²) in [5.41, 5.74) is 1.25. The lowest BCUT2D eigenvalue weighted by Gasteiger charge is -2.11. The molecule has 1 N–H and O–H groups in total. The average Bonchev–Trinajstić information content (AvgIpc) is 2.93. The fourth-order valence-electron chi connectivity index (χ4n) is 2.90. The number of esters is 1. The maximum absolute atomic E-state index is 12.6. The van der Waals surface area contributed by atoms with Crippen LogP contribution in [0.15, 0.2) is 42.5 Å². The molecule has 2 aromatic rings. The van der Waals surface area contributed by atoms with Gasteiger partial charge < -0.3 is 10.1 Å². The van der Waals surface area contributed by atoms with Gasteiger partial charge in [0.05, 0.1) is 11.1 Å². The fourth-order valence-corrected chi connectivity index (χ4v) is 2.90. The highest BCUT2D eigenvalue weighted by atomic mass is 16.5. The second kappa shape index (κ2) is 8.04. The third-order valence-electron chi connectivity index (χ3n) is 4.29. The second-order valence-corrected chi connectivity index (χ2v) is 6.33. The molecule has 28 heavy (non-hydrogen) atoms. The third kappa shape index (κ3) is 3.78. The van der Waals surface area contributed by atoms with E-state index < -0.39 is 5.91 Å². The first-order valence-electron chi connectivity index (χ1n) is 9.07. The molecule has 1 heterocycles. The number of rotatable bonds is 6. The first-order chi connectivity index (χ1) is 13.4. The number of imide groups is 1. The van der Waals surface area contributed by atoms with E-state index in [1.54, 1.807) is 25.1 Å². The van der Waals surface area contributed by atoms with E-state index in [1.807, 2.05) is 6.92 Å². The van der Waals surface area contributed by atoms with Crippen LogP contribution in [0.1, 0.15) is 57.8 Å². The summed E-state index contributed by atoms with van der Waals surface area (Å²) in [5.74, 6) is -1.20. The van der Waals surface area contributed by atoms with Gasteiger partial charge in [-0.25, -0.2) is 0 Å². The molecular weight excluding hydrogens is 360 g/mol. The van der Waals surface area contributed by atoms with Crippen LogP contribution in [0.2, 0.25) is 0 Å². The molecule has 144 valence electrons. The highest BCUT2D eigenvalue weighted by molar-refractivity contribution is 6.22. The molecule has 0 aromatic heterocycles. The Balaban J connectivity index is 1.78. The Morgan fingerprint density at radius 2 is 1.75 bits per heavy atom. The number of fused-ring (bicyclic) bond motifs is 1. The van der Waals surface area contributed by atoms with E-state index >= 15 is 0 Å². The Labute approximate surface area is 162 Å². The summed E-state index contributed by atoms with van der Waals surface area (Å²) < 4.78 is 5.13. The van der Waals surface area contributed by atoms with Crippen molar-refractivity contribution in [2.24, 2.45) is 0 Å². The zero-order valence-electron chi connectivity index (χ0n) is 15.7. The molecule has 0 saturated heterocycles. The van der Waals surface area contributed by atoms with Crippen LogP contribution in [0.4, 0.5) is 5.69 Å². The van der Waals surface area contributed by atoms with Crippen molar-refractivity contribution in [1.29, 1.82) is 0 Å². The number of ether oxygens (including phenoxy) is 1. The topological polar surface area (TPSA) is 92.8 Å². The molecule has 0 spiro atoms. The Kier molecular flexibility index (Phi) is 5.54. The molecule has 3 amide bonds. The van der Waals surface area contributed by atoms with Crippen LogP contribution in [0.3, 0.4) is 0 Å². The summed E-state index contributed by atoms with van der Waals surface area (Å²) in [5, 5.41) is 2.70. The molecule has 2 aromatic carbocycles. The molecule has 0 bridgehead atoms. The molecule has 1 aliphatic rings. The van der Waals surface area contributed by atoms with Crippen molar-refractivity contribution < 1.29 is 23.9 Å². The van der Waals surface area contributed by atoms with Crippen molar-refractivity contribution in [3.63, 3.8) is 0 Å². The van der Waals surface area contributed by atoms with Gasteiger partial charge in [-0.1, -0.05) is 19.9 Å². The second-order valence-electron chi connectivity index (χ2n) is 6.33. The van der Waals surface area contributed by atoms with Gasteiger partial charge in [-0.05, 0) is 36.8 Å². The molecule has 0 atom stereocenters. The average molecular weight is 380 g/mol. The molecule has 0 radical (unpaired) electrons. The molecular formula is C21H20N2O5. The van der Waals surface area contributed by atoms with E-state index in [1.165, 1.54) is 29.2 Å². The van der Waals surface area contributed by atoms with Crippen LogP contribution >= 0.6 is 0 Å². The van der Waals surface area contributed by atoms with Crippen LogP contribution in [0, 0.1) is 0 Å². The highest BCUT2D eigenvalue weighted by Gasteiger charge is 2.35. The van der Waals surface area contributed by atoms with Gasteiger partial charge in [0, 0.05) is 30.3 Å². The summed E-state index contributed by atoms with van der Waals surface area (Å²) in [6.07, 6.45) is 0.908. The van der Waals surface area contributed by atoms with E-state index in [-0.39, 0.29) is 35.3 Å². The lowest BCUT2D eigenvalue weighted by molar-refractivity contribution is -0.134. The Morgan fingerprint density at radius 1 is 1.00 bits per heavy atom. The number of hydrogen-bond donors (Lipinski definition) is 1. The van der Waals surface area contributed by atoms with Crippen molar-refractivity contribution in [2.45, 2.75) is 26.7 Å². The standard InChI is InChI=1S/C21H20N2O5/c1-3-10-23-20(26)16-9-8-13(11-17(16)21(23)27)19(25)22-14-6-5-7-15(12-14)28-18(24)4-2/h5-9,11-12H,3-4,10H2,1-2H3,(H,22,25). The molecule has 0 aliphatic carbocycles. The van der Waals surface area contributed by atoms with Crippen molar-refractivity contribution >= 4 is 29.4 Å². The highest BCUT2D eigenvalue weighted by Crippen LogP contribution is 2.25. The number of amides is 3. The summed E-state index contributed by atoms with van der Waals surface area (Å²) >= 11 is 0. The van der Waals surface area contributed by atoms with Gasteiger partial charge in [0.25, 0.3) is 17.7 Å².